The van der Waals surface area contributed by atoms with Gasteiger partial charge in [-0.3, -0.25) is 9.36 Å². The zero-order valence-electron chi connectivity index (χ0n) is 15.9. The highest BCUT2D eigenvalue weighted by Crippen LogP contribution is 2.46. The first-order valence-corrected chi connectivity index (χ1v) is 10.1. The van der Waals surface area contributed by atoms with Gasteiger partial charge in [0.1, 0.15) is 11.5 Å². The largest absolute Gasteiger partial charge is 0.497 e. The Balaban J connectivity index is 1.73. The van der Waals surface area contributed by atoms with Crippen molar-refractivity contribution in [1.82, 2.24) is 4.57 Å². The van der Waals surface area contributed by atoms with Crippen LogP contribution in [0.3, 0.4) is 0 Å². The standard InChI is InChI=1S/C22H20N2O3S/c1-13-19-16-6-4-5-7-17(16)27-22(13,2)23-21-24(19)20(25)18(28-21)12-14-8-10-15(26-3)11-9-14/h4-13,19H,1-3H3/b18-12-/t13-,19+,22+/m0/s1. The number of fused-ring (bicyclic) bond motifs is 6. The Kier molecular flexibility index (Phi) is 3.74. The smallest absolute Gasteiger partial charge is 0.270 e. The normalized spacial score (nSPS) is 25.3. The van der Waals surface area contributed by atoms with Crippen molar-refractivity contribution < 1.29 is 9.47 Å². The molecule has 6 heteroatoms. The molecule has 2 aliphatic heterocycles. The van der Waals surface area contributed by atoms with Crippen molar-refractivity contribution in [2.45, 2.75) is 25.6 Å². The summed E-state index contributed by atoms with van der Waals surface area (Å²) in [5.41, 5.74) is 1.32. The van der Waals surface area contributed by atoms with Crippen LogP contribution in [0.4, 0.5) is 0 Å². The fourth-order valence-corrected chi connectivity index (χ4v) is 5.13. The monoisotopic (exact) mass is 392 g/mol. The molecule has 2 aromatic carbocycles. The number of methoxy groups -OCH3 is 1. The van der Waals surface area contributed by atoms with Crippen LogP contribution in [0.15, 0.2) is 58.3 Å². The van der Waals surface area contributed by atoms with Gasteiger partial charge in [0.05, 0.1) is 17.7 Å². The molecular weight excluding hydrogens is 372 g/mol. The number of hydrogen-bond donors (Lipinski definition) is 0. The minimum Gasteiger partial charge on any atom is -0.497 e. The van der Waals surface area contributed by atoms with E-state index in [2.05, 4.69) is 6.92 Å². The molecule has 2 aliphatic rings. The van der Waals surface area contributed by atoms with Crippen LogP contribution in [-0.2, 0) is 0 Å². The Morgan fingerprint density at radius 1 is 1.21 bits per heavy atom. The number of aromatic nitrogens is 1. The highest BCUT2D eigenvalue weighted by molar-refractivity contribution is 7.07. The van der Waals surface area contributed by atoms with E-state index in [1.807, 2.05) is 66.1 Å². The Bertz CT molecular complexity index is 1240. The maximum Gasteiger partial charge on any atom is 0.270 e. The van der Waals surface area contributed by atoms with E-state index < -0.39 is 5.72 Å². The maximum atomic E-state index is 13.3. The van der Waals surface area contributed by atoms with Gasteiger partial charge < -0.3 is 9.47 Å². The average Bonchev–Trinajstić information content (AvgIpc) is 2.97. The maximum absolute atomic E-state index is 13.3. The summed E-state index contributed by atoms with van der Waals surface area (Å²) in [7, 11) is 1.64. The van der Waals surface area contributed by atoms with E-state index in [1.54, 1.807) is 7.11 Å². The topological polar surface area (TPSA) is 52.8 Å². The first-order chi connectivity index (χ1) is 13.5. The van der Waals surface area contributed by atoms with Crippen molar-refractivity contribution in [3.05, 3.63) is 79.3 Å². The number of rotatable bonds is 2. The summed E-state index contributed by atoms with van der Waals surface area (Å²) < 4.78 is 14.0. The van der Waals surface area contributed by atoms with E-state index in [0.717, 1.165) is 22.6 Å². The van der Waals surface area contributed by atoms with Crippen LogP contribution in [0.5, 0.6) is 11.5 Å². The van der Waals surface area contributed by atoms with Gasteiger partial charge in [-0.2, -0.15) is 0 Å². The Labute approximate surface area is 166 Å². The highest BCUT2D eigenvalue weighted by atomic mass is 32.1. The van der Waals surface area contributed by atoms with E-state index >= 15 is 0 Å². The van der Waals surface area contributed by atoms with Gasteiger partial charge in [-0.1, -0.05) is 48.6 Å². The molecule has 5 nitrogen and oxygen atoms in total. The third-order valence-corrected chi connectivity index (χ3v) is 6.70. The lowest BCUT2D eigenvalue weighted by atomic mass is 9.83. The molecule has 0 N–H and O–H groups in total. The SMILES string of the molecule is COc1ccc(/C=c2\sc3n(c2=O)[C@H]2c4ccccc4O[C@@](C)(N=3)[C@H]2C)cc1. The van der Waals surface area contributed by atoms with Gasteiger partial charge >= 0.3 is 0 Å². The van der Waals surface area contributed by atoms with E-state index in [1.165, 1.54) is 11.3 Å². The molecule has 0 saturated heterocycles. The number of benzene rings is 2. The summed E-state index contributed by atoms with van der Waals surface area (Å²) in [5, 5.41) is 0. The van der Waals surface area contributed by atoms with Crippen molar-refractivity contribution in [2.24, 2.45) is 10.9 Å². The van der Waals surface area contributed by atoms with Crippen molar-refractivity contribution in [3.63, 3.8) is 0 Å². The van der Waals surface area contributed by atoms with Gasteiger partial charge in [-0.25, -0.2) is 4.99 Å². The van der Waals surface area contributed by atoms with Crippen LogP contribution in [-0.4, -0.2) is 17.4 Å². The minimum absolute atomic E-state index is 0.00447. The first-order valence-electron chi connectivity index (χ1n) is 9.25. The molecule has 28 heavy (non-hydrogen) atoms. The van der Waals surface area contributed by atoms with Crippen molar-refractivity contribution >= 4 is 17.4 Å². The van der Waals surface area contributed by atoms with Gasteiger partial charge in [-0.05, 0) is 36.8 Å². The zero-order valence-corrected chi connectivity index (χ0v) is 16.7. The van der Waals surface area contributed by atoms with Gasteiger partial charge in [0.25, 0.3) is 5.56 Å². The summed E-state index contributed by atoms with van der Waals surface area (Å²) in [5.74, 6) is 1.65. The second-order valence-corrected chi connectivity index (χ2v) is 8.39. The second kappa shape index (κ2) is 6.07. The van der Waals surface area contributed by atoms with Crippen LogP contribution >= 0.6 is 11.3 Å². The molecule has 1 aromatic heterocycles. The number of hydrogen-bond acceptors (Lipinski definition) is 5. The predicted octanol–water partition coefficient (Wildman–Crippen LogP) is 2.71. The molecule has 0 saturated carbocycles. The summed E-state index contributed by atoms with van der Waals surface area (Å²) in [6.07, 6.45) is 1.91. The average molecular weight is 392 g/mol. The van der Waals surface area contributed by atoms with Crippen molar-refractivity contribution in [1.29, 1.82) is 0 Å². The molecule has 142 valence electrons. The van der Waals surface area contributed by atoms with Crippen LogP contribution < -0.4 is 24.4 Å². The summed E-state index contributed by atoms with van der Waals surface area (Å²) in [6, 6.07) is 15.5. The number of thiazole rings is 1. The predicted molar refractivity (Wildman–Crippen MR) is 109 cm³/mol. The molecule has 2 bridgehead atoms. The molecule has 0 unspecified atom stereocenters. The van der Waals surface area contributed by atoms with Gasteiger partial charge in [-0.15, -0.1) is 0 Å². The third kappa shape index (κ3) is 2.44. The van der Waals surface area contributed by atoms with Crippen molar-refractivity contribution in [2.75, 3.05) is 7.11 Å². The Morgan fingerprint density at radius 2 is 1.96 bits per heavy atom. The van der Waals surface area contributed by atoms with Crippen LogP contribution in [0.2, 0.25) is 0 Å². The van der Waals surface area contributed by atoms with Crippen molar-refractivity contribution in [3.8, 4) is 11.5 Å². The molecule has 0 aliphatic carbocycles. The minimum atomic E-state index is -0.673. The fraction of sp³-hybridized carbons (Fsp3) is 0.273. The Morgan fingerprint density at radius 3 is 2.71 bits per heavy atom. The van der Waals surface area contributed by atoms with Crippen LogP contribution in [0, 0.1) is 5.92 Å². The lowest BCUT2D eigenvalue weighted by Gasteiger charge is -2.45. The molecule has 0 amide bonds. The second-order valence-electron chi connectivity index (χ2n) is 7.38. The summed E-state index contributed by atoms with van der Waals surface area (Å²) in [4.78, 5) is 18.9. The molecule has 3 heterocycles. The number of nitrogens with zero attached hydrogens (tertiary/aromatic N) is 2. The quantitative estimate of drug-likeness (QED) is 0.674. The van der Waals surface area contributed by atoms with Crippen LogP contribution in [0.25, 0.3) is 6.08 Å². The van der Waals surface area contributed by atoms with Gasteiger partial charge in [0.15, 0.2) is 4.80 Å². The summed E-state index contributed by atoms with van der Waals surface area (Å²) in [6.45, 7) is 4.10. The van der Waals surface area contributed by atoms with E-state index in [4.69, 9.17) is 14.5 Å². The first kappa shape index (κ1) is 17.3. The molecular formula is C22H20N2O3S. The van der Waals surface area contributed by atoms with E-state index in [-0.39, 0.29) is 17.5 Å². The highest BCUT2D eigenvalue weighted by Gasteiger charge is 2.48. The van der Waals surface area contributed by atoms with E-state index in [0.29, 0.717) is 9.33 Å². The molecule has 0 fully saturated rings. The Hall–Kier alpha value is -2.86. The van der Waals surface area contributed by atoms with Gasteiger partial charge in [0.2, 0.25) is 5.72 Å². The molecule has 0 radical (unpaired) electrons. The molecule has 0 spiro atoms. The third-order valence-electron chi connectivity index (χ3n) is 5.72. The lowest BCUT2D eigenvalue weighted by molar-refractivity contribution is -0.0121. The number of para-hydroxylation sites is 1. The molecule has 5 rings (SSSR count). The van der Waals surface area contributed by atoms with Gasteiger partial charge in [0, 0.05) is 11.5 Å². The van der Waals surface area contributed by atoms with Crippen LogP contribution in [0.1, 0.15) is 31.0 Å². The fourth-order valence-electron chi connectivity index (χ4n) is 4.03. The lowest BCUT2D eigenvalue weighted by Crippen LogP contribution is -2.54. The zero-order chi connectivity index (χ0) is 19.5. The number of ether oxygens (including phenoxy) is 2. The van der Waals surface area contributed by atoms with E-state index in [9.17, 15) is 4.79 Å². The summed E-state index contributed by atoms with van der Waals surface area (Å²) >= 11 is 1.42. The molecule has 3 atom stereocenters. The molecule has 3 aromatic rings.